The Morgan fingerprint density at radius 2 is 1.94 bits per heavy atom. The van der Waals surface area contributed by atoms with Crippen molar-refractivity contribution < 1.29 is 14.8 Å². The minimum atomic E-state index is 0.473. The van der Waals surface area contributed by atoms with Crippen molar-refractivity contribution in [2.24, 2.45) is 7.05 Å². The molecular weight excluding hydrogens is 396 g/mol. The molecule has 0 aliphatic heterocycles. The normalized spacial score (nSPS) is 11.1. The summed E-state index contributed by atoms with van der Waals surface area (Å²) in [5.74, 6) is 3.02. The quantitative estimate of drug-likeness (QED) is 0.394. The van der Waals surface area contributed by atoms with Crippen molar-refractivity contribution in [3.63, 3.8) is 0 Å². The average molecular weight is 421 g/mol. The summed E-state index contributed by atoms with van der Waals surface area (Å²) in [4.78, 5) is 14.4. The van der Waals surface area contributed by atoms with Crippen molar-refractivity contribution in [1.29, 1.82) is 0 Å². The van der Waals surface area contributed by atoms with Gasteiger partial charge in [-0.3, -0.25) is 0 Å². The molecule has 3 aromatic heterocycles. The predicted molar refractivity (Wildman–Crippen MR) is 116 cm³/mol. The molecule has 10 nitrogen and oxygen atoms in total. The first-order valence-corrected chi connectivity index (χ1v) is 10.0. The minimum Gasteiger partial charge on any atom is -0.486 e. The van der Waals surface area contributed by atoms with Gasteiger partial charge >= 0.3 is 0 Å². The number of rotatable bonds is 9. The number of anilines is 2. The van der Waals surface area contributed by atoms with Gasteiger partial charge in [-0.2, -0.15) is 9.90 Å². The first-order chi connectivity index (χ1) is 15.1. The van der Waals surface area contributed by atoms with Gasteiger partial charge in [-0.15, -0.1) is 5.10 Å². The van der Waals surface area contributed by atoms with Crippen LogP contribution in [-0.2, 0) is 7.05 Å². The van der Waals surface area contributed by atoms with Crippen LogP contribution in [0.3, 0.4) is 0 Å². The maximum atomic E-state index is 5.92. The summed E-state index contributed by atoms with van der Waals surface area (Å²) in [7, 11) is 1.75. The van der Waals surface area contributed by atoms with Gasteiger partial charge in [0, 0.05) is 18.5 Å². The summed E-state index contributed by atoms with van der Waals surface area (Å²) in [6.45, 7) is 5.84. The lowest BCUT2D eigenvalue weighted by Gasteiger charge is -2.10. The molecule has 0 amide bonds. The predicted octanol–water partition coefficient (Wildman–Crippen LogP) is 2.04. The largest absolute Gasteiger partial charge is 0.486 e. The molecule has 0 radical (unpaired) electrons. The number of nitrogens with zero attached hydrogens (tertiary/aromatic N) is 6. The van der Waals surface area contributed by atoms with Gasteiger partial charge in [0.2, 0.25) is 5.88 Å². The third-order valence-electron chi connectivity index (χ3n) is 4.41. The van der Waals surface area contributed by atoms with E-state index in [1.807, 2.05) is 24.3 Å². The van der Waals surface area contributed by atoms with Crippen LogP contribution in [-0.4, -0.2) is 49.1 Å². The number of hydrogen-bond acceptors (Lipinski definition) is 8. The maximum absolute atomic E-state index is 5.92. The SMILES string of the molecule is CC(C)[NH2+]CCOc1ccc(Oc2ccc3ncnc(Nc4cnn(C)n4)c3c2)nc1. The Balaban J connectivity index is 1.45. The van der Waals surface area contributed by atoms with Crippen LogP contribution in [0.1, 0.15) is 13.8 Å². The summed E-state index contributed by atoms with van der Waals surface area (Å²) in [6.07, 6.45) is 4.79. The summed E-state index contributed by atoms with van der Waals surface area (Å²) in [5, 5.41) is 14.5. The van der Waals surface area contributed by atoms with Gasteiger partial charge in [0.25, 0.3) is 0 Å². The summed E-state index contributed by atoms with van der Waals surface area (Å²) >= 11 is 0. The van der Waals surface area contributed by atoms with Gasteiger partial charge < -0.3 is 20.1 Å². The van der Waals surface area contributed by atoms with E-state index in [1.54, 1.807) is 25.5 Å². The molecule has 0 spiro atoms. The summed E-state index contributed by atoms with van der Waals surface area (Å²) in [5.41, 5.74) is 0.781. The molecule has 4 aromatic rings. The molecular formula is C21H25N8O2+. The Labute approximate surface area is 179 Å². The molecule has 0 fully saturated rings. The molecule has 0 saturated heterocycles. The second kappa shape index (κ2) is 9.35. The highest BCUT2D eigenvalue weighted by atomic mass is 16.5. The summed E-state index contributed by atoms with van der Waals surface area (Å²) < 4.78 is 11.6. The lowest BCUT2D eigenvalue weighted by molar-refractivity contribution is -0.683. The third-order valence-corrected chi connectivity index (χ3v) is 4.41. The first-order valence-electron chi connectivity index (χ1n) is 10.0. The molecule has 1 aromatic carbocycles. The number of fused-ring (bicyclic) bond motifs is 1. The highest BCUT2D eigenvalue weighted by Gasteiger charge is 2.09. The Bertz CT molecular complexity index is 1140. The van der Waals surface area contributed by atoms with Gasteiger partial charge in [0.15, 0.2) is 5.82 Å². The Hall–Kier alpha value is -3.79. The summed E-state index contributed by atoms with van der Waals surface area (Å²) in [6, 6.07) is 9.77. The fraction of sp³-hybridized carbons (Fsp3) is 0.286. The Kier molecular flexibility index (Phi) is 6.18. The second-order valence-corrected chi connectivity index (χ2v) is 7.30. The van der Waals surface area contributed by atoms with Crippen LogP contribution in [0.5, 0.6) is 17.4 Å². The molecule has 0 aliphatic carbocycles. The number of benzene rings is 1. The van der Waals surface area contributed by atoms with E-state index in [9.17, 15) is 0 Å². The number of quaternary nitrogens is 1. The van der Waals surface area contributed by atoms with Crippen LogP contribution in [0.4, 0.5) is 11.6 Å². The lowest BCUT2D eigenvalue weighted by Crippen LogP contribution is -2.89. The molecule has 160 valence electrons. The molecule has 31 heavy (non-hydrogen) atoms. The molecule has 3 N–H and O–H groups in total. The topological polar surface area (TPSA) is 116 Å². The maximum Gasteiger partial charge on any atom is 0.219 e. The molecule has 3 heterocycles. The molecule has 0 saturated carbocycles. The van der Waals surface area contributed by atoms with E-state index in [0.29, 0.717) is 41.7 Å². The Morgan fingerprint density at radius 1 is 1.06 bits per heavy atom. The van der Waals surface area contributed by atoms with Gasteiger partial charge in [-0.1, -0.05) is 0 Å². The van der Waals surface area contributed by atoms with Crippen LogP contribution in [0.25, 0.3) is 10.9 Å². The molecule has 4 rings (SSSR count). The fourth-order valence-corrected chi connectivity index (χ4v) is 2.93. The highest BCUT2D eigenvalue weighted by Crippen LogP contribution is 2.28. The molecule has 0 unspecified atom stereocenters. The fourth-order valence-electron chi connectivity index (χ4n) is 2.93. The van der Waals surface area contributed by atoms with Crippen molar-refractivity contribution in [3.8, 4) is 17.4 Å². The van der Waals surface area contributed by atoms with Crippen molar-refractivity contribution >= 4 is 22.5 Å². The highest BCUT2D eigenvalue weighted by molar-refractivity contribution is 5.91. The average Bonchev–Trinajstić information content (AvgIpc) is 3.17. The number of nitrogens with one attached hydrogen (secondary N) is 1. The van der Waals surface area contributed by atoms with E-state index < -0.39 is 0 Å². The minimum absolute atomic E-state index is 0.473. The third kappa shape index (κ3) is 5.43. The zero-order valence-electron chi connectivity index (χ0n) is 17.7. The van der Waals surface area contributed by atoms with Crippen LogP contribution in [0.15, 0.2) is 49.1 Å². The van der Waals surface area contributed by atoms with E-state index in [2.05, 4.69) is 49.6 Å². The van der Waals surface area contributed by atoms with Crippen molar-refractivity contribution in [2.75, 3.05) is 18.5 Å². The van der Waals surface area contributed by atoms with Crippen LogP contribution >= 0.6 is 0 Å². The lowest BCUT2D eigenvalue weighted by atomic mass is 10.2. The second-order valence-electron chi connectivity index (χ2n) is 7.30. The molecule has 0 atom stereocenters. The van der Waals surface area contributed by atoms with Gasteiger partial charge in [0.1, 0.15) is 36.8 Å². The molecule has 0 aliphatic rings. The Morgan fingerprint density at radius 3 is 2.68 bits per heavy atom. The first kappa shape index (κ1) is 20.5. The number of hydrogen-bond donors (Lipinski definition) is 2. The van der Waals surface area contributed by atoms with E-state index >= 15 is 0 Å². The van der Waals surface area contributed by atoms with E-state index in [4.69, 9.17) is 9.47 Å². The van der Waals surface area contributed by atoms with E-state index in [-0.39, 0.29) is 0 Å². The van der Waals surface area contributed by atoms with Gasteiger partial charge in [-0.25, -0.2) is 15.0 Å². The van der Waals surface area contributed by atoms with Crippen LogP contribution < -0.4 is 20.1 Å². The zero-order chi connectivity index (χ0) is 21.6. The number of aromatic nitrogens is 6. The number of ether oxygens (including phenoxy) is 2. The molecule has 0 bridgehead atoms. The number of aryl methyl sites for hydroxylation is 1. The standard InChI is InChI=1S/C21H24N8O2/c1-14(2)22-8-9-30-16-5-7-20(23-11-16)31-15-4-6-18-17(10-15)21(25-13-24-18)27-19-12-26-29(3)28-19/h4-7,10-14,22H,8-9H2,1-3H3,(H,24,25,27,28)/p+1. The van der Waals surface area contributed by atoms with Crippen molar-refractivity contribution in [2.45, 2.75) is 19.9 Å². The number of pyridine rings is 1. The van der Waals surface area contributed by atoms with E-state index in [0.717, 1.165) is 17.4 Å². The van der Waals surface area contributed by atoms with Crippen LogP contribution in [0, 0.1) is 0 Å². The van der Waals surface area contributed by atoms with Crippen molar-refractivity contribution in [1.82, 2.24) is 29.9 Å². The molecule has 10 heteroatoms. The van der Waals surface area contributed by atoms with Gasteiger partial charge in [-0.05, 0) is 38.1 Å². The van der Waals surface area contributed by atoms with Crippen molar-refractivity contribution in [3.05, 3.63) is 49.1 Å². The zero-order valence-corrected chi connectivity index (χ0v) is 17.7. The number of nitrogens with two attached hydrogens (primary N) is 1. The van der Waals surface area contributed by atoms with Gasteiger partial charge in [0.05, 0.1) is 24.0 Å². The van der Waals surface area contributed by atoms with Crippen LogP contribution in [0.2, 0.25) is 0 Å². The van der Waals surface area contributed by atoms with E-state index in [1.165, 1.54) is 11.1 Å². The monoisotopic (exact) mass is 421 g/mol. The smallest absolute Gasteiger partial charge is 0.219 e.